The largest absolute Gasteiger partial charge is 0.369 e. The Bertz CT molecular complexity index is 975. The minimum absolute atomic E-state index is 0.442. The summed E-state index contributed by atoms with van der Waals surface area (Å²) in [5.74, 6) is 0.442. The summed E-state index contributed by atoms with van der Waals surface area (Å²) < 4.78 is 2.85. The number of halogens is 1. The monoisotopic (exact) mass is 338 g/mol. The average molecular weight is 339 g/mol. The fraction of sp³-hybridized carbons (Fsp3) is 0. The number of nitrogen functional groups attached to an aromatic ring is 1. The third-order valence-electron chi connectivity index (χ3n) is 3.45. The molecule has 2 aromatic heterocycles. The first-order valence-electron chi connectivity index (χ1n) is 6.51. The summed E-state index contributed by atoms with van der Waals surface area (Å²) in [6, 6.07) is 15.9. The number of aromatic nitrogens is 3. The van der Waals surface area contributed by atoms with Gasteiger partial charge in [0.15, 0.2) is 0 Å². The van der Waals surface area contributed by atoms with Gasteiger partial charge in [0.1, 0.15) is 5.65 Å². The molecule has 0 aliphatic heterocycles. The molecule has 0 saturated carbocycles. The van der Waals surface area contributed by atoms with Gasteiger partial charge in [-0.25, -0.2) is 9.97 Å². The SMILES string of the molecule is Nc1nc2ccccc2c2nc(-c3cccc(Br)c3)cn12. The van der Waals surface area contributed by atoms with Crippen molar-refractivity contribution in [1.29, 1.82) is 0 Å². The van der Waals surface area contributed by atoms with Crippen LogP contribution in [0.3, 0.4) is 0 Å². The van der Waals surface area contributed by atoms with Crippen LogP contribution in [0.2, 0.25) is 0 Å². The lowest BCUT2D eigenvalue weighted by Gasteiger charge is -2.02. The number of para-hydroxylation sites is 1. The van der Waals surface area contributed by atoms with Crippen LogP contribution >= 0.6 is 15.9 Å². The van der Waals surface area contributed by atoms with E-state index in [0.29, 0.717) is 5.95 Å². The number of nitrogens with zero attached hydrogens (tertiary/aromatic N) is 3. The van der Waals surface area contributed by atoms with E-state index in [1.54, 1.807) is 0 Å². The van der Waals surface area contributed by atoms with Crippen molar-refractivity contribution < 1.29 is 0 Å². The molecule has 0 atom stereocenters. The second-order valence-electron chi connectivity index (χ2n) is 4.82. The fourth-order valence-corrected chi connectivity index (χ4v) is 2.87. The van der Waals surface area contributed by atoms with Gasteiger partial charge < -0.3 is 5.73 Å². The first-order valence-corrected chi connectivity index (χ1v) is 7.31. The first kappa shape index (κ1) is 12.3. The number of hydrogen-bond donors (Lipinski definition) is 1. The van der Waals surface area contributed by atoms with E-state index in [4.69, 9.17) is 10.7 Å². The van der Waals surface area contributed by atoms with E-state index in [0.717, 1.165) is 32.3 Å². The summed E-state index contributed by atoms with van der Waals surface area (Å²) >= 11 is 3.49. The van der Waals surface area contributed by atoms with Gasteiger partial charge in [0, 0.05) is 21.6 Å². The van der Waals surface area contributed by atoms with Gasteiger partial charge in [-0.05, 0) is 24.3 Å². The standard InChI is InChI=1S/C16H11BrN4/c17-11-5-3-4-10(8-11)14-9-21-15(19-14)12-6-1-2-7-13(12)20-16(21)18/h1-9H,(H2,18,20). The van der Waals surface area contributed by atoms with Crippen LogP contribution in [0.15, 0.2) is 59.2 Å². The van der Waals surface area contributed by atoms with Crippen molar-refractivity contribution in [2.75, 3.05) is 5.73 Å². The van der Waals surface area contributed by atoms with Gasteiger partial charge in [-0.2, -0.15) is 0 Å². The number of fused-ring (bicyclic) bond motifs is 3. The molecule has 4 rings (SSSR count). The smallest absolute Gasteiger partial charge is 0.206 e. The minimum atomic E-state index is 0.442. The topological polar surface area (TPSA) is 56.2 Å². The first-order chi connectivity index (χ1) is 10.2. The van der Waals surface area contributed by atoms with Crippen LogP contribution in [-0.2, 0) is 0 Å². The lowest BCUT2D eigenvalue weighted by molar-refractivity contribution is 1.14. The second kappa shape index (κ2) is 4.56. The lowest BCUT2D eigenvalue weighted by Crippen LogP contribution is -2.00. The van der Waals surface area contributed by atoms with Crippen LogP contribution in [-0.4, -0.2) is 14.4 Å². The van der Waals surface area contributed by atoms with Crippen LogP contribution in [0.1, 0.15) is 0 Å². The molecule has 4 nitrogen and oxygen atoms in total. The Morgan fingerprint density at radius 2 is 1.86 bits per heavy atom. The van der Waals surface area contributed by atoms with E-state index in [1.165, 1.54) is 0 Å². The summed E-state index contributed by atoms with van der Waals surface area (Å²) in [5, 5.41) is 0.993. The molecule has 4 aromatic rings. The lowest BCUT2D eigenvalue weighted by atomic mass is 10.2. The van der Waals surface area contributed by atoms with Crippen LogP contribution in [0.4, 0.5) is 5.95 Å². The molecule has 0 saturated heterocycles. The quantitative estimate of drug-likeness (QED) is 0.572. The number of rotatable bonds is 1. The van der Waals surface area contributed by atoms with E-state index in [1.807, 2.05) is 59.1 Å². The van der Waals surface area contributed by atoms with Crippen LogP contribution in [0.25, 0.3) is 27.8 Å². The number of nitrogens with two attached hydrogens (primary N) is 1. The van der Waals surface area contributed by atoms with E-state index in [-0.39, 0.29) is 0 Å². The predicted molar refractivity (Wildman–Crippen MR) is 88.0 cm³/mol. The van der Waals surface area contributed by atoms with Gasteiger partial charge in [0.2, 0.25) is 5.95 Å². The van der Waals surface area contributed by atoms with E-state index in [2.05, 4.69) is 20.9 Å². The van der Waals surface area contributed by atoms with Crippen LogP contribution in [0.5, 0.6) is 0 Å². The Hall–Kier alpha value is -2.40. The summed E-state index contributed by atoms with van der Waals surface area (Å²) in [6.07, 6.45) is 1.92. The minimum Gasteiger partial charge on any atom is -0.369 e. The zero-order chi connectivity index (χ0) is 14.4. The zero-order valence-electron chi connectivity index (χ0n) is 11.0. The normalized spacial score (nSPS) is 11.3. The summed E-state index contributed by atoms with van der Waals surface area (Å²) in [5.41, 5.74) is 9.64. The van der Waals surface area contributed by atoms with Crippen molar-refractivity contribution in [2.45, 2.75) is 0 Å². The number of hydrogen-bond acceptors (Lipinski definition) is 3. The maximum Gasteiger partial charge on any atom is 0.206 e. The maximum atomic E-state index is 6.05. The molecule has 2 heterocycles. The van der Waals surface area contributed by atoms with Gasteiger partial charge in [0.05, 0.1) is 11.2 Å². The highest BCUT2D eigenvalue weighted by Gasteiger charge is 2.11. The number of imidazole rings is 1. The van der Waals surface area contributed by atoms with E-state index >= 15 is 0 Å². The van der Waals surface area contributed by atoms with Crippen molar-refractivity contribution in [3.05, 3.63) is 59.2 Å². The van der Waals surface area contributed by atoms with Gasteiger partial charge in [-0.3, -0.25) is 4.40 Å². The van der Waals surface area contributed by atoms with Crippen molar-refractivity contribution in [3.63, 3.8) is 0 Å². The molecule has 0 aliphatic carbocycles. The van der Waals surface area contributed by atoms with Crippen molar-refractivity contribution >= 4 is 38.4 Å². The second-order valence-corrected chi connectivity index (χ2v) is 5.73. The Kier molecular flexibility index (Phi) is 2.68. The van der Waals surface area contributed by atoms with Crippen LogP contribution in [0, 0.1) is 0 Å². The Balaban J connectivity index is 2.06. The maximum absolute atomic E-state index is 6.05. The van der Waals surface area contributed by atoms with Gasteiger partial charge in [-0.15, -0.1) is 0 Å². The molecular formula is C16H11BrN4. The molecule has 0 fully saturated rings. The molecule has 0 aliphatic rings. The third kappa shape index (κ3) is 1.97. The molecule has 21 heavy (non-hydrogen) atoms. The Morgan fingerprint density at radius 1 is 1.00 bits per heavy atom. The molecule has 2 N–H and O–H groups in total. The Morgan fingerprint density at radius 3 is 2.71 bits per heavy atom. The number of anilines is 1. The average Bonchev–Trinajstić information content (AvgIpc) is 2.93. The molecule has 0 radical (unpaired) electrons. The highest BCUT2D eigenvalue weighted by Crippen LogP contribution is 2.26. The van der Waals surface area contributed by atoms with Crippen molar-refractivity contribution in [1.82, 2.24) is 14.4 Å². The van der Waals surface area contributed by atoms with E-state index < -0.39 is 0 Å². The van der Waals surface area contributed by atoms with Crippen LogP contribution < -0.4 is 5.73 Å². The highest BCUT2D eigenvalue weighted by atomic mass is 79.9. The third-order valence-corrected chi connectivity index (χ3v) is 3.95. The van der Waals surface area contributed by atoms with E-state index in [9.17, 15) is 0 Å². The van der Waals surface area contributed by atoms with Crippen molar-refractivity contribution in [3.8, 4) is 11.3 Å². The molecule has 0 amide bonds. The van der Waals surface area contributed by atoms with Gasteiger partial charge >= 0.3 is 0 Å². The Labute approximate surface area is 129 Å². The molecule has 0 bridgehead atoms. The molecular weight excluding hydrogens is 328 g/mol. The molecule has 5 heteroatoms. The molecule has 0 spiro atoms. The predicted octanol–water partition coefficient (Wildman–Crippen LogP) is 3.89. The molecule has 102 valence electrons. The highest BCUT2D eigenvalue weighted by molar-refractivity contribution is 9.10. The molecule has 0 unspecified atom stereocenters. The summed E-state index contributed by atoms with van der Waals surface area (Å²) in [6.45, 7) is 0. The number of benzene rings is 2. The van der Waals surface area contributed by atoms with Gasteiger partial charge in [-0.1, -0.05) is 40.2 Å². The molecule has 2 aromatic carbocycles. The van der Waals surface area contributed by atoms with Gasteiger partial charge in [0.25, 0.3) is 0 Å². The zero-order valence-corrected chi connectivity index (χ0v) is 12.6. The summed E-state index contributed by atoms with van der Waals surface area (Å²) in [7, 11) is 0. The summed E-state index contributed by atoms with van der Waals surface area (Å²) in [4.78, 5) is 9.16. The van der Waals surface area contributed by atoms with Crippen molar-refractivity contribution in [2.24, 2.45) is 0 Å². The fourth-order valence-electron chi connectivity index (χ4n) is 2.47.